The summed E-state index contributed by atoms with van der Waals surface area (Å²) >= 11 is 0. The summed E-state index contributed by atoms with van der Waals surface area (Å²) in [5.74, 6) is 1.28. The Hall–Kier alpha value is -1.77. The van der Waals surface area contributed by atoms with Crippen molar-refractivity contribution in [3.8, 4) is 11.5 Å². The van der Waals surface area contributed by atoms with E-state index in [9.17, 15) is 4.79 Å². The number of benzene rings is 1. The topological polar surface area (TPSA) is 35.5 Å². The molecule has 0 fully saturated rings. The van der Waals surface area contributed by atoms with E-state index >= 15 is 0 Å². The zero-order valence-corrected chi connectivity index (χ0v) is 20.5. The molecule has 0 radical (unpaired) electrons. The molecule has 0 saturated heterocycles. The lowest BCUT2D eigenvalue weighted by Crippen LogP contribution is -2.49. The molecule has 1 aliphatic heterocycles. The van der Waals surface area contributed by atoms with Gasteiger partial charge < -0.3 is 9.47 Å². The standard InChI is InChI=1S/C24H36O3.C2H6/c1-10-11-13-23(7,8)24(9)14-12-19-18(6)20(26-22(25)15(2)3)16(4)17(5)21(19)27-24;1-2/h2,10-14H2,1,3-9H3;1-2H3/t24-;/m0./s1. The van der Waals surface area contributed by atoms with Gasteiger partial charge in [0.05, 0.1) is 0 Å². The number of hydrogen-bond donors (Lipinski definition) is 0. The van der Waals surface area contributed by atoms with Gasteiger partial charge in [0.1, 0.15) is 17.1 Å². The number of hydrogen-bond acceptors (Lipinski definition) is 3. The van der Waals surface area contributed by atoms with E-state index in [0.29, 0.717) is 11.3 Å². The van der Waals surface area contributed by atoms with E-state index in [4.69, 9.17) is 9.47 Å². The Balaban J connectivity index is 0.00000204. The van der Waals surface area contributed by atoms with Gasteiger partial charge >= 0.3 is 5.97 Å². The molecule has 2 rings (SSSR count). The average molecular weight is 403 g/mol. The number of esters is 1. The minimum absolute atomic E-state index is 0.0973. The predicted octanol–water partition coefficient (Wildman–Crippen LogP) is 7.42. The zero-order valence-electron chi connectivity index (χ0n) is 20.5. The summed E-state index contributed by atoms with van der Waals surface area (Å²) in [4.78, 5) is 12.1. The van der Waals surface area contributed by atoms with Gasteiger partial charge in [-0.15, -0.1) is 0 Å². The van der Waals surface area contributed by atoms with E-state index in [1.807, 2.05) is 27.7 Å². The third-order valence-corrected chi connectivity index (χ3v) is 6.62. The molecule has 1 aliphatic rings. The highest BCUT2D eigenvalue weighted by atomic mass is 16.5. The van der Waals surface area contributed by atoms with Crippen molar-refractivity contribution >= 4 is 5.97 Å². The molecule has 1 heterocycles. The van der Waals surface area contributed by atoms with Gasteiger partial charge in [0.2, 0.25) is 0 Å². The highest BCUT2D eigenvalue weighted by Gasteiger charge is 2.45. The summed E-state index contributed by atoms with van der Waals surface area (Å²) < 4.78 is 12.4. The minimum atomic E-state index is -0.372. The first kappa shape index (κ1) is 25.3. The summed E-state index contributed by atoms with van der Waals surface area (Å²) in [5, 5.41) is 0. The Labute approximate surface area is 178 Å². The SMILES string of the molecule is C=C(C)C(=O)Oc1c(C)c(C)c2c(c1C)CC[C@@](C)(C(C)(C)CCCC)O2.CC. The van der Waals surface area contributed by atoms with Crippen molar-refractivity contribution in [3.05, 3.63) is 34.4 Å². The molecule has 0 saturated carbocycles. The number of carbonyl (C=O) groups excluding carboxylic acids is 1. The minimum Gasteiger partial charge on any atom is -0.486 e. The van der Waals surface area contributed by atoms with Gasteiger partial charge in [0.25, 0.3) is 0 Å². The van der Waals surface area contributed by atoms with Crippen LogP contribution >= 0.6 is 0 Å². The zero-order chi connectivity index (χ0) is 22.6. The second kappa shape index (κ2) is 9.82. The Morgan fingerprint density at radius 1 is 1.17 bits per heavy atom. The molecule has 29 heavy (non-hydrogen) atoms. The number of rotatable bonds is 6. The number of fused-ring (bicyclic) bond motifs is 1. The Morgan fingerprint density at radius 3 is 2.28 bits per heavy atom. The molecule has 3 nitrogen and oxygen atoms in total. The van der Waals surface area contributed by atoms with E-state index < -0.39 is 0 Å². The van der Waals surface area contributed by atoms with E-state index in [-0.39, 0.29) is 17.0 Å². The van der Waals surface area contributed by atoms with Crippen LogP contribution in [0.3, 0.4) is 0 Å². The lowest BCUT2D eigenvalue weighted by atomic mass is 9.68. The van der Waals surface area contributed by atoms with Crippen LogP contribution in [0.5, 0.6) is 11.5 Å². The maximum absolute atomic E-state index is 12.1. The summed E-state index contributed by atoms with van der Waals surface area (Å²) in [6, 6.07) is 0. The Morgan fingerprint density at radius 2 is 1.76 bits per heavy atom. The van der Waals surface area contributed by atoms with Crippen molar-refractivity contribution in [1.82, 2.24) is 0 Å². The van der Waals surface area contributed by atoms with Gasteiger partial charge in [-0.05, 0) is 70.6 Å². The van der Waals surface area contributed by atoms with E-state index in [1.54, 1.807) is 6.92 Å². The van der Waals surface area contributed by atoms with Crippen molar-refractivity contribution in [2.45, 2.75) is 107 Å². The molecule has 0 amide bonds. The summed E-state index contributed by atoms with van der Waals surface area (Å²) in [5.41, 5.74) is 4.52. The van der Waals surface area contributed by atoms with Gasteiger partial charge in [-0.1, -0.05) is 54.0 Å². The smallest absolute Gasteiger partial charge is 0.338 e. The molecular formula is C26H42O3. The normalized spacial score (nSPS) is 18.1. The fourth-order valence-electron chi connectivity index (χ4n) is 3.93. The van der Waals surface area contributed by atoms with Crippen molar-refractivity contribution < 1.29 is 14.3 Å². The van der Waals surface area contributed by atoms with Crippen LogP contribution in [0.25, 0.3) is 0 Å². The fourth-order valence-corrected chi connectivity index (χ4v) is 3.93. The number of carbonyl (C=O) groups is 1. The summed E-state index contributed by atoms with van der Waals surface area (Å²) in [6.45, 7) is 24.6. The lowest BCUT2D eigenvalue weighted by Gasteiger charge is -2.48. The molecule has 164 valence electrons. The maximum atomic E-state index is 12.1. The third kappa shape index (κ3) is 5.05. The van der Waals surface area contributed by atoms with E-state index in [0.717, 1.165) is 41.7 Å². The second-order valence-corrected chi connectivity index (χ2v) is 9.00. The van der Waals surface area contributed by atoms with Gasteiger partial charge in [-0.2, -0.15) is 0 Å². The first-order valence-corrected chi connectivity index (χ1v) is 11.1. The summed E-state index contributed by atoms with van der Waals surface area (Å²) in [7, 11) is 0. The van der Waals surface area contributed by atoms with Gasteiger partial charge in [-0.3, -0.25) is 0 Å². The Kier molecular flexibility index (Phi) is 8.56. The molecule has 0 aliphatic carbocycles. The van der Waals surface area contributed by atoms with Crippen LogP contribution in [-0.2, 0) is 11.2 Å². The number of unbranched alkanes of at least 4 members (excludes halogenated alkanes) is 1. The molecule has 3 heteroatoms. The largest absolute Gasteiger partial charge is 0.486 e. The highest BCUT2D eigenvalue weighted by molar-refractivity contribution is 5.89. The molecule has 0 unspecified atom stereocenters. The van der Waals surface area contributed by atoms with E-state index in [1.165, 1.54) is 18.4 Å². The molecule has 0 spiro atoms. The molecule has 1 aromatic rings. The van der Waals surface area contributed by atoms with Crippen LogP contribution in [0.15, 0.2) is 12.2 Å². The summed E-state index contributed by atoms with van der Waals surface area (Å²) in [6.07, 6.45) is 5.47. The lowest BCUT2D eigenvalue weighted by molar-refractivity contribution is -0.130. The quantitative estimate of drug-likeness (QED) is 0.282. The van der Waals surface area contributed by atoms with Crippen molar-refractivity contribution in [2.24, 2.45) is 5.41 Å². The average Bonchev–Trinajstić information content (AvgIpc) is 2.69. The fraction of sp³-hybridized carbons (Fsp3) is 0.654. The predicted molar refractivity (Wildman–Crippen MR) is 123 cm³/mol. The van der Waals surface area contributed by atoms with E-state index in [2.05, 4.69) is 41.2 Å². The van der Waals surface area contributed by atoms with Crippen LogP contribution in [0.2, 0.25) is 0 Å². The van der Waals surface area contributed by atoms with Gasteiger partial charge in [0, 0.05) is 16.6 Å². The van der Waals surface area contributed by atoms with Gasteiger partial charge in [-0.25, -0.2) is 4.79 Å². The van der Waals surface area contributed by atoms with Crippen LogP contribution < -0.4 is 9.47 Å². The molecule has 0 N–H and O–H groups in total. The third-order valence-electron chi connectivity index (χ3n) is 6.62. The second-order valence-electron chi connectivity index (χ2n) is 9.00. The van der Waals surface area contributed by atoms with Crippen molar-refractivity contribution in [1.29, 1.82) is 0 Å². The van der Waals surface area contributed by atoms with Crippen LogP contribution in [0.4, 0.5) is 0 Å². The van der Waals surface area contributed by atoms with Crippen LogP contribution in [0, 0.1) is 26.2 Å². The van der Waals surface area contributed by atoms with Crippen molar-refractivity contribution in [2.75, 3.05) is 0 Å². The first-order valence-electron chi connectivity index (χ1n) is 11.1. The van der Waals surface area contributed by atoms with Crippen LogP contribution in [0.1, 0.15) is 96.4 Å². The monoisotopic (exact) mass is 402 g/mol. The molecule has 1 atom stereocenters. The van der Waals surface area contributed by atoms with Crippen molar-refractivity contribution in [3.63, 3.8) is 0 Å². The first-order chi connectivity index (χ1) is 13.4. The maximum Gasteiger partial charge on any atom is 0.338 e. The molecule has 1 aromatic carbocycles. The molecular weight excluding hydrogens is 360 g/mol. The van der Waals surface area contributed by atoms with Crippen LogP contribution in [-0.4, -0.2) is 11.6 Å². The van der Waals surface area contributed by atoms with Gasteiger partial charge in [0.15, 0.2) is 0 Å². The molecule has 0 aromatic heterocycles. The number of ether oxygens (including phenoxy) is 2. The highest BCUT2D eigenvalue weighted by Crippen LogP contribution is 2.50. The molecule has 0 bridgehead atoms. The Bertz CT molecular complexity index is 758.